The molecule has 0 bridgehead atoms. The minimum atomic E-state index is -1.61. The summed E-state index contributed by atoms with van der Waals surface area (Å²) in [6.07, 6.45) is 0. The number of hydrogen-bond donors (Lipinski definition) is 2. The molecule has 0 fully saturated rings. The summed E-state index contributed by atoms with van der Waals surface area (Å²) in [4.78, 5) is 16.5. The van der Waals surface area contributed by atoms with Gasteiger partial charge in [0.2, 0.25) is 11.4 Å². The molecule has 1 aromatic carbocycles. The van der Waals surface area contributed by atoms with Gasteiger partial charge in [-0.2, -0.15) is 15.6 Å². The number of aromatic nitrogens is 2. The number of nitrogens with one attached hydrogen (secondary N) is 1. The number of benzene rings is 1. The normalized spacial score (nSPS) is 21.8. The van der Waals surface area contributed by atoms with E-state index >= 15 is 0 Å². The van der Waals surface area contributed by atoms with Gasteiger partial charge >= 0.3 is 0 Å². The number of rotatable bonds is 3. The van der Waals surface area contributed by atoms with E-state index in [1.807, 2.05) is 23.7 Å². The second-order valence-corrected chi connectivity index (χ2v) is 4.67. The molecular weight excluding hydrogens is 274 g/mol. The predicted octanol–water partition coefficient (Wildman–Crippen LogP) is 0.759. The summed E-state index contributed by atoms with van der Waals surface area (Å²) in [5.74, 6) is -0.210. The average molecular weight is 287 g/mol. The van der Waals surface area contributed by atoms with Gasteiger partial charge in [-0.25, -0.2) is 5.01 Å². The first kappa shape index (κ1) is 13.4. The molecule has 3 rings (SSSR count). The summed E-state index contributed by atoms with van der Waals surface area (Å²) >= 11 is 0. The van der Waals surface area contributed by atoms with Crippen molar-refractivity contribution in [2.45, 2.75) is 12.5 Å². The van der Waals surface area contributed by atoms with Crippen LogP contribution in [0.5, 0.6) is 0 Å². The lowest BCUT2D eigenvalue weighted by molar-refractivity contribution is -0.136. The number of hydrazone groups is 1. The highest BCUT2D eigenvalue weighted by Gasteiger charge is 2.53. The largest absolute Gasteiger partial charge is 0.334 e. The molecule has 2 aromatic rings. The van der Waals surface area contributed by atoms with Gasteiger partial charge in [0.15, 0.2) is 0 Å². The Morgan fingerprint density at radius 2 is 2.05 bits per heavy atom. The van der Waals surface area contributed by atoms with Crippen molar-refractivity contribution in [3.8, 4) is 11.5 Å². The van der Waals surface area contributed by atoms with Crippen LogP contribution in [0.4, 0.5) is 0 Å². The van der Waals surface area contributed by atoms with Crippen LogP contribution in [0.3, 0.4) is 0 Å². The van der Waals surface area contributed by atoms with Crippen molar-refractivity contribution >= 4 is 11.6 Å². The minimum Gasteiger partial charge on any atom is -0.334 e. The number of hydrogen-bond acceptors (Lipinski definition) is 7. The molecule has 0 spiro atoms. The van der Waals surface area contributed by atoms with Gasteiger partial charge in [0.05, 0.1) is 5.71 Å². The van der Waals surface area contributed by atoms with Gasteiger partial charge in [-0.05, 0) is 19.1 Å². The molecule has 1 amide bonds. The van der Waals surface area contributed by atoms with Gasteiger partial charge in [-0.3, -0.25) is 4.79 Å². The molecule has 108 valence electrons. The van der Waals surface area contributed by atoms with Gasteiger partial charge in [0.1, 0.15) is 0 Å². The summed E-state index contributed by atoms with van der Waals surface area (Å²) in [6, 6.07) is 9.14. The van der Waals surface area contributed by atoms with Gasteiger partial charge in [0, 0.05) is 12.6 Å². The molecule has 2 heterocycles. The van der Waals surface area contributed by atoms with Gasteiger partial charge in [-0.15, -0.1) is 0 Å². The van der Waals surface area contributed by atoms with E-state index in [1.54, 1.807) is 19.1 Å². The van der Waals surface area contributed by atoms with Crippen LogP contribution < -0.4 is 5.48 Å². The maximum Gasteiger partial charge on any atom is 0.278 e. The minimum absolute atomic E-state index is 0.0134. The van der Waals surface area contributed by atoms with Crippen LogP contribution in [0.15, 0.2) is 40.0 Å². The van der Waals surface area contributed by atoms with E-state index in [9.17, 15) is 10.0 Å². The first-order valence-electron chi connectivity index (χ1n) is 6.24. The fourth-order valence-corrected chi connectivity index (χ4v) is 2.25. The third kappa shape index (κ3) is 1.84. The zero-order chi connectivity index (χ0) is 15.0. The van der Waals surface area contributed by atoms with Crippen molar-refractivity contribution in [2.24, 2.45) is 5.10 Å². The quantitative estimate of drug-likeness (QED) is 0.808. The Morgan fingerprint density at radius 1 is 1.33 bits per heavy atom. The van der Waals surface area contributed by atoms with Crippen molar-refractivity contribution in [3.05, 3.63) is 36.2 Å². The number of amides is 1. The number of carbonyl (C=O) groups is 1. The van der Waals surface area contributed by atoms with E-state index in [-0.39, 0.29) is 11.7 Å². The third-order valence-electron chi connectivity index (χ3n) is 3.41. The Hall–Kier alpha value is -2.58. The van der Waals surface area contributed by atoms with Crippen LogP contribution in [0, 0.1) is 0 Å². The lowest BCUT2D eigenvalue weighted by Gasteiger charge is -2.21. The van der Waals surface area contributed by atoms with Gasteiger partial charge < -0.3 is 9.73 Å². The first-order chi connectivity index (χ1) is 10.1. The molecule has 0 aliphatic carbocycles. The van der Waals surface area contributed by atoms with Crippen molar-refractivity contribution in [2.75, 3.05) is 7.05 Å². The maximum absolute atomic E-state index is 12.3. The molecule has 8 heteroatoms. The SMILES string of the molecule is CC1=NN(C)C(=O)C1(NO)c1noc(-c2ccccc2)n1. The molecule has 1 aliphatic rings. The third-order valence-corrected chi connectivity index (χ3v) is 3.41. The summed E-state index contributed by atoms with van der Waals surface area (Å²) < 4.78 is 5.18. The molecule has 1 unspecified atom stereocenters. The topological polar surface area (TPSA) is 104 Å². The van der Waals surface area contributed by atoms with E-state index in [2.05, 4.69) is 15.2 Å². The number of hydroxylamine groups is 1. The first-order valence-corrected chi connectivity index (χ1v) is 6.24. The fraction of sp³-hybridized carbons (Fsp3) is 0.231. The Bertz CT molecular complexity index is 712. The van der Waals surface area contributed by atoms with Crippen molar-refractivity contribution in [1.29, 1.82) is 0 Å². The number of likely N-dealkylation sites (N-methyl/N-ethyl adjacent to an activating group) is 1. The van der Waals surface area contributed by atoms with Crippen LogP contribution in [0.25, 0.3) is 11.5 Å². The van der Waals surface area contributed by atoms with Crippen molar-refractivity contribution < 1.29 is 14.5 Å². The molecule has 21 heavy (non-hydrogen) atoms. The Kier molecular flexibility index (Phi) is 3.04. The molecule has 0 radical (unpaired) electrons. The van der Waals surface area contributed by atoms with Gasteiger partial charge in [0.25, 0.3) is 11.8 Å². The maximum atomic E-state index is 12.3. The van der Waals surface area contributed by atoms with Crippen LogP contribution >= 0.6 is 0 Å². The summed E-state index contributed by atoms with van der Waals surface area (Å²) in [6.45, 7) is 1.60. The molecule has 1 aromatic heterocycles. The summed E-state index contributed by atoms with van der Waals surface area (Å²) in [7, 11) is 1.49. The Balaban J connectivity index is 2.07. The van der Waals surface area contributed by atoms with E-state index < -0.39 is 11.4 Å². The second-order valence-electron chi connectivity index (χ2n) is 4.67. The molecule has 1 aliphatic heterocycles. The predicted molar refractivity (Wildman–Crippen MR) is 72.2 cm³/mol. The monoisotopic (exact) mass is 287 g/mol. The van der Waals surface area contributed by atoms with E-state index in [0.29, 0.717) is 5.71 Å². The number of carbonyl (C=O) groups excluding carboxylic acids is 1. The smallest absolute Gasteiger partial charge is 0.278 e. The molecule has 1 atom stereocenters. The van der Waals surface area contributed by atoms with Crippen molar-refractivity contribution in [1.82, 2.24) is 20.6 Å². The summed E-state index contributed by atoms with van der Waals surface area (Å²) in [5.41, 5.74) is 1.43. The zero-order valence-corrected chi connectivity index (χ0v) is 11.4. The summed E-state index contributed by atoms with van der Waals surface area (Å²) in [5, 5.41) is 18.5. The van der Waals surface area contributed by atoms with E-state index in [0.717, 1.165) is 10.6 Å². The Labute approximate surface area is 120 Å². The molecule has 0 saturated heterocycles. The van der Waals surface area contributed by atoms with E-state index in [4.69, 9.17) is 4.52 Å². The highest BCUT2D eigenvalue weighted by molar-refractivity contribution is 6.15. The van der Waals surface area contributed by atoms with E-state index in [1.165, 1.54) is 7.05 Å². The molecule has 0 saturated carbocycles. The van der Waals surface area contributed by atoms with Crippen LogP contribution in [-0.2, 0) is 10.3 Å². The van der Waals surface area contributed by atoms with Crippen LogP contribution in [0.1, 0.15) is 12.7 Å². The standard InChI is InChI=1S/C13H13N5O3/c1-8-13(17-20,12(19)18(2)15-8)11-14-10(21-16-11)9-6-4-3-5-7-9/h3-7,17,20H,1-2H3. The van der Waals surface area contributed by atoms with Gasteiger partial charge in [-0.1, -0.05) is 23.4 Å². The average Bonchev–Trinajstić information content (AvgIpc) is 3.06. The molecule has 2 N–H and O–H groups in total. The highest BCUT2D eigenvalue weighted by Crippen LogP contribution is 2.29. The number of nitrogens with zero attached hydrogens (tertiary/aromatic N) is 4. The fourth-order valence-electron chi connectivity index (χ4n) is 2.25. The molecule has 8 nitrogen and oxygen atoms in total. The Morgan fingerprint density at radius 3 is 2.62 bits per heavy atom. The zero-order valence-electron chi connectivity index (χ0n) is 11.4. The highest BCUT2D eigenvalue weighted by atomic mass is 16.5. The second kappa shape index (κ2) is 4.76. The molecular formula is C13H13N5O3. The van der Waals surface area contributed by atoms with Crippen molar-refractivity contribution in [3.63, 3.8) is 0 Å². The lowest BCUT2D eigenvalue weighted by Crippen LogP contribution is -2.53. The van der Waals surface area contributed by atoms with Crippen LogP contribution in [0.2, 0.25) is 0 Å². The lowest BCUT2D eigenvalue weighted by atomic mass is 9.94. The van der Waals surface area contributed by atoms with Crippen LogP contribution in [-0.4, -0.2) is 39.0 Å².